The molecule has 0 fully saturated rings. The first-order valence-corrected chi connectivity index (χ1v) is 19.2. The van der Waals surface area contributed by atoms with E-state index in [2.05, 4.69) is 21.3 Å². The maximum atomic E-state index is 14.6. The number of allylic oxidation sites excluding steroid dienone is 4. The lowest BCUT2D eigenvalue weighted by Gasteiger charge is -2.31. The summed E-state index contributed by atoms with van der Waals surface area (Å²) in [7, 11) is 0. The van der Waals surface area contributed by atoms with Crippen LogP contribution in [0.1, 0.15) is 81.9 Å². The molecule has 0 unspecified atom stereocenters. The number of carbonyl (C=O) groups is 6. The molecule has 4 aromatic rings. The molecule has 62 heavy (non-hydrogen) atoms. The van der Waals surface area contributed by atoms with Gasteiger partial charge < -0.3 is 51.9 Å². The van der Waals surface area contributed by atoms with E-state index in [0.29, 0.717) is 11.1 Å². The SMILES string of the molecule is C/C1=C\C[C@H](O)c2cc(O)cc3c2[C@@](Nc2ccccc2C(=O)O)(C(=O)/C=C/C(C)=C/C[C@H](O)c2cc(O)cc4c2[C@](Nc2ccccc2C(=O)O)(C(=O)C=C1)C(=O)N4)C(=O)N3. The van der Waals surface area contributed by atoms with E-state index in [1.807, 2.05) is 0 Å². The van der Waals surface area contributed by atoms with Crippen LogP contribution in [0.5, 0.6) is 11.5 Å². The molecule has 0 saturated carbocycles. The molecular weight excluding hydrogens is 801 g/mol. The van der Waals surface area contributed by atoms with Gasteiger partial charge in [-0.25, -0.2) is 9.59 Å². The second kappa shape index (κ2) is 16.3. The highest BCUT2D eigenvalue weighted by atomic mass is 16.4. The van der Waals surface area contributed by atoms with Gasteiger partial charge in [-0.05, 0) is 86.4 Å². The number of aliphatic hydroxyl groups excluding tert-OH is 2. The van der Waals surface area contributed by atoms with Gasteiger partial charge in [-0.15, -0.1) is 0 Å². The van der Waals surface area contributed by atoms with Crippen LogP contribution in [0, 0.1) is 0 Å². The van der Waals surface area contributed by atoms with Gasteiger partial charge in [0, 0.05) is 23.3 Å². The van der Waals surface area contributed by atoms with Gasteiger partial charge in [0.1, 0.15) is 11.5 Å². The summed E-state index contributed by atoms with van der Waals surface area (Å²) in [6, 6.07) is 16.0. The first-order chi connectivity index (χ1) is 29.5. The van der Waals surface area contributed by atoms with Gasteiger partial charge in [-0.1, -0.05) is 59.7 Å². The van der Waals surface area contributed by atoms with Crippen molar-refractivity contribution >= 4 is 58.1 Å². The number of carboxylic acids is 2. The highest BCUT2D eigenvalue weighted by Crippen LogP contribution is 2.48. The number of hydrogen-bond donors (Lipinski definition) is 10. The zero-order chi connectivity index (χ0) is 44.7. The summed E-state index contributed by atoms with van der Waals surface area (Å²) < 4.78 is 0. The molecule has 0 saturated heterocycles. The number of para-hydroxylation sites is 2. The average molecular weight is 841 g/mol. The summed E-state index contributed by atoms with van der Waals surface area (Å²) in [6.45, 7) is 3.15. The van der Waals surface area contributed by atoms with Gasteiger partial charge in [0.25, 0.3) is 11.8 Å². The number of phenolic OH excluding ortho intramolecular Hbond substituents is 2. The largest absolute Gasteiger partial charge is 0.508 e. The Bertz CT molecular complexity index is 2550. The summed E-state index contributed by atoms with van der Waals surface area (Å²) in [6.07, 6.45) is 4.35. The summed E-state index contributed by atoms with van der Waals surface area (Å²) in [5.41, 5.74) is -5.14. The summed E-state index contributed by atoms with van der Waals surface area (Å²) in [5, 5.41) is 76.0. The Hall–Kier alpha value is -7.82. The Morgan fingerprint density at radius 1 is 0.597 bits per heavy atom. The fraction of sp³-hybridized carbons (Fsp3) is 0.174. The quantitative estimate of drug-likeness (QED) is 0.104. The van der Waals surface area contributed by atoms with Crippen LogP contribution < -0.4 is 21.3 Å². The third kappa shape index (κ3) is 7.37. The van der Waals surface area contributed by atoms with Gasteiger partial charge in [0.2, 0.25) is 11.1 Å². The van der Waals surface area contributed by atoms with Crippen molar-refractivity contribution in [1.29, 1.82) is 0 Å². The number of aromatic carboxylic acids is 2. The number of hydrogen-bond acceptors (Lipinski definition) is 12. The zero-order valence-corrected chi connectivity index (χ0v) is 33.1. The van der Waals surface area contributed by atoms with Gasteiger partial charge in [-0.3, -0.25) is 19.2 Å². The fourth-order valence-electron chi connectivity index (χ4n) is 7.96. The zero-order valence-electron chi connectivity index (χ0n) is 33.1. The Labute approximate surface area is 353 Å². The van der Waals surface area contributed by atoms with Crippen molar-refractivity contribution in [3.8, 4) is 11.5 Å². The van der Waals surface area contributed by atoms with Crippen LogP contribution in [0.3, 0.4) is 0 Å². The van der Waals surface area contributed by atoms with E-state index < -0.39 is 58.6 Å². The first kappa shape index (κ1) is 42.3. The van der Waals surface area contributed by atoms with Crippen molar-refractivity contribution in [2.45, 2.75) is 50.0 Å². The van der Waals surface area contributed by atoms with Crippen LogP contribution >= 0.6 is 0 Å². The molecule has 0 aromatic heterocycles. The molecule has 0 bridgehead atoms. The molecule has 7 rings (SSSR count). The molecule has 0 radical (unpaired) electrons. The predicted octanol–water partition coefficient (Wildman–Crippen LogP) is 5.72. The maximum Gasteiger partial charge on any atom is 0.337 e. The number of carbonyl (C=O) groups excluding carboxylic acids is 4. The number of aliphatic hydroxyl groups is 2. The van der Waals surface area contributed by atoms with Crippen LogP contribution in [0.15, 0.2) is 120 Å². The van der Waals surface area contributed by atoms with Gasteiger partial charge in [-0.2, -0.15) is 0 Å². The second-order valence-corrected chi connectivity index (χ2v) is 15.1. The smallest absolute Gasteiger partial charge is 0.337 e. The molecule has 3 aliphatic rings. The number of phenols is 2. The summed E-state index contributed by atoms with van der Waals surface area (Å²) in [4.78, 5) is 82.2. The Morgan fingerprint density at radius 2 is 0.968 bits per heavy atom. The van der Waals surface area contributed by atoms with E-state index in [0.717, 1.165) is 12.2 Å². The maximum absolute atomic E-state index is 14.6. The molecule has 4 atom stereocenters. The monoisotopic (exact) mass is 840 g/mol. The average Bonchev–Trinajstić information content (AvgIpc) is 3.67. The minimum atomic E-state index is -2.38. The highest BCUT2D eigenvalue weighted by Gasteiger charge is 2.56. The third-order valence-corrected chi connectivity index (χ3v) is 11.0. The van der Waals surface area contributed by atoms with E-state index >= 15 is 0 Å². The van der Waals surface area contributed by atoms with Crippen LogP contribution in [0.4, 0.5) is 22.7 Å². The molecule has 316 valence electrons. The van der Waals surface area contributed by atoms with Crippen molar-refractivity contribution in [2.24, 2.45) is 0 Å². The normalized spacial score (nSPS) is 24.6. The second-order valence-electron chi connectivity index (χ2n) is 15.1. The van der Waals surface area contributed by atoms with E-state index in [-0.39, 0.29) is 80.5 Å². The third-order valence-electron chi connectivity index (χ3n) is 11.0. The van der Waals surface area contributed by atoms with Crippen molar-refractivity contribution in [1.82, 2.24) is 0 Å². The molecule has 16 heteroatoms. The minimum absolute atomic E-state index is 0.0341. The lowest BCUT2D eigenvalue weighted by molar-refractivity contribution is -0.130. The van der Waals surface area contributed by atoms with Crippen LogP contribution in [0.25, 0.3) is 0 Å². The van der Waals surface area contributed by atoms with Crippen molar-refractivity contribution < 1.29 is 59.4 Å². The van der Waals surface area contributed by atoms with Gasteiger partial charge in [0.15, 0.2) is 11.6 Å². The predicted molar refractivity (Wildman–Crippen MR) is 226 cm³/mol. The number of amides is 2. The molecule has 2 heterocycles. The molecule has 2 aliphatic heterocycles. The van der Waals surface area contributed by atoms with E-state index in [1.54, 1.807) is 13.8 Å². The van der Waals surface area contributed by atoms with E-state index in [4.69, 9.17) is 0 Å². The van der Waals surface area contributed by atoms with Crippen LogP contribution in [-0.2, 0) is 30.3 Å². The van der Waals surface area contributed by atoms with Crippen molar-refractivity contribution in [3.05, 3.63) is 154 Å². The van der Waals surface area contributed by atoms with Crippen molar-refractivity contribution in [2.75, 3.05) is 21.3 Å². The summed E-state index contributed by atoms with van der Waals surface area (Å²) in [5.74, 6) is -7.10. The number of anilines is 4. The van der Waals surface area contributed by atoms with Crippen molar-refractivity contribution in [3.63, 3.8) is 0 Å². The molecule has 16 nitrogen and oxygen atoms in total. The lowest BCUT2D eigenvalue weighted by atomic mass is 9.80. The standard InChI is InChI=1S/C46H40N4O12/c1-23-11-15-35(53)29-19-25(51)21-33-39(29)46(44(62)48-33,50-32-10-6-4-8-28(32)42(59)60)38(56)18-14-24(2)12-16-36(54)30-20-26(52)22-34-40(30)45(43(61)47-34,37(55)17-13-23)49-31-9-5-3-7-27(31)41(57)58/h3-14,17-22,35-36,49-54H,15-16H2,1-2H3,(H,47,61)(H,48,62)(H,57,58)(H,59,60)/b17-13+,18-14?,23-11+,24-12+/t35-,36-,45-,46+/m0/s1. The van der Waals surface area contributed by atoms with Crippen LogP contribution in [-0.4, -0.2) is 66.0 Å². The number of ketones is 2. The number of nitrogens with one attached hydrogen (secondary N) is 4. The number of aromatic hydroxyl groups is 2. The lowest BCUT2D eigenvalue weighted by Crippen LogP contribution is -2.49. The number of benzene rings is 4. The molecule has 1 aliphatic carbocycles. The Morgan fingerprint density at radius 3 is 1.34 bits per heavy atom. The van der Waals surface area contributed by atoms with E-state index in [9.17, 15) is 59.4 Å². The first-order valence-electron chi connectivity index (χ1n) is 19.2. The topological polar surface area (TPSA) is 272 Å². The highest BCUT2D eigenvalue weighted by molar-refractivity contribution is 6.27. The Kier molecular flexibility index (Phi) is 11.1. The molecule has 4 aromatic carbocycles. The minimum Gasteiger partial charge on any atom is -0.508 e. The van der Waals surface area contributed by atoms with Gasteiger partial charge in [0.05, 0.1) is 46.1 Å². The number of carboxylic acid groups (broad SMARTS) is 2. The molecule has 10 N–H and O–H groups in total. The molecule has 0 spiro atoms. The fourth-order valence-corrected chi connectivity index (χ4v) is 7.96. The summed E-state index contributed by atoms with van der Waals surface area (Å²) >= 11 is 0. The van der Waals surface area contributed by atoms with Crippen LogP contribution in [0.2, 0.25) is 0 Å². The molecular formula is C46H40N4O12. The molecule has 2 amide bonds. The van der Waals surface area contributed by atoms with Gasteiger partial charge >= 0.3 is 11.9 Å². The van der Waals surface area contributed by atoms with E-state index in [1.165, 1.54) is 97.1 Å². The Balaban J connectivity index is 1.41. The number of rotatable bonds is 6.